The zero-order valence-electron chi connectivity index (χ0n) is 19.2. The predicted molar refractivity (Wildman–Crippen MR) is 129 cm³/mol. The quantitative estimate of drug-likeness (QED) is 0.639. The van der Waals surface area contributed by atoms with E-state index in [-0.39, 0.29) is 12.1 Å². The van der Waals surface area contributed by atoms with E-state index in [0.717, 1.165) is 31.7 Å². The molecule has 0 radical (unpaired) electrons. The van der Waals surface area contributed by atoms with Crippen LogP contribution >= 0.6 is 0 Å². The highest BCUT2D eigenvalue weighted by atomic mass is 16.2. The summed E-state index contributed by atoms with van der Waals surface area (Å²) in [5.41, 5.74) is 3.55. The first kappa shape index (κ1) is 21.0. The Kier molecular flexibility index (Phi) is 5.64. The van der Waals surface area contributed by atoms with Gasteiger partial charge in [-0.15, -0.1) is 0 Å². The summed E-state index contributed by atoms with van der Waals surface area (Å²) in [5.74, 6) is 1.14. The minimum absolute atomic E-state index is 0.0640. The largest absolute Gasteiger partial charge is 0.337 e. The lowest BCUT2D eigenvalue weighted by molar-refractivity contribution is 0.0294. The summed E-state index contributed by atoms with van der Waals surface area (Å²) >= 11 is 0. The maximum absolute atomic E-state index is 12.0. The average molecular weight is 432 g/mol. The zero-order chi connectivity index (χ0) is 22.2. The Morgan fingerprint density at radius 1 is 1.16 bits per heavy atom. The number of nitrogens with zero attached hydrogens (tertiary/aromatic N) is 3. The molecule has 6 heteroatoms. The zero-order valence-corrected chi connectivity index (χ0v) is 19.2. The van der Waals surface area contributed by atoms with Crippen molar-refractivity contribution >= 4 is 16.8 Å². The second-order valence-corrected chi connectivity index (χ2v) is 9.69. The van der Waals surface area contributed by atoms with Crippen LogP contribution in [0.5, 0.6) is 0 Å². The molecule has 2 N–H and O–H groups in total. The normalized spacial score (nSPS) is 24.8. The van der Waals surface area contributed by atoms with Crippen molar-refractivity contribution in [1.82, 2.24) is 25.3 Å². The van der Waals surface area contributed by atoms with Gasteiger partial charge in [-0.3, -0.25) is 9.58 Å². The fourth-order valence-corrected chi connectivity index (χ4v) is 5.53. The minimum atomic E-state index is -0.0640. The highest BCUT2D eigenvalue weighted by molar-refractivity contribution is 5.86. The number of nitrogens with one attached hydrogen (secondary N) is 2. The van der Waals surface area contributed by atoms with E-state index >= 15 is 0 Å². The molecule has 1 unspecified atom stereocenters. The van der Waals surface area contributed by atoms with Gasteiger partial charge in [-0.05, 0) is 62.1 Å². The van der Waals surface area contributed by atoms with Crippen molar-refractivity contribution in [2.45, 2.75) is 44.7 Å². The van der Waals surface area contributed by atoms with Crippen LogP contribution in [0.15, 0.2) is 48.5 Å². The van der Waals surface area contributed by atoms with Crippen LogP contribution in [0.1, 0.15) is 38.3 Å². The van der Waals surface area contributed by atoms with Crippen molar-refractivity contribution in [3.8, 4) is 11.3 Å². The van der Waals surface area contributed by atoms with Gasteiger partial charge in [0.25, 0.3) is 0 Å². The van der Waals surface area contributed by atoms with E-state index in [1.165, 1.54) is 28.5 Å². The van der Waals surface area contributed by atoms with Crippen LogP contribution in [0.3, 0.4) is 0 Å². The van der Waals surface area contributed by atoms with Crippen molar-refractivity contribution in [2.24, 2.45) is 13.0 Å². The van der Waals surface area contributed by atoms with Crippen molar-refractivity contribution < 1.29 is 4.79 Å². The van der Waals surface area contributed by atoms with Gasteiger partial charge in [0.2, 0.25) is 0 Å². The summed E-state index contributed by atoms with van der Waals surface area (Å²) in [7, 11) is 2.08. The lowest BCUT2D eigenvalue weighted by Crippen LogP contribution is -2.57. The van der Waals surface area contributed by atoms with Crippen LogP contribution in [-0.2, 0) is 7.05 Å². The van der Waals surface area contributed by atoms with Gasteiger partial charge in [0, 0.05) is 49.4 Å². The van der Waals surface area contributed by atoms with E-state index in [1.54, 1.807) is 0 Å². The number of carbonyl (C=O) groups is 1. The van der Waals surface area contributed by atoms with Crippen LogP contribution in [0.25, 0.3) is 22.0 Å². The smallest absolute Gasteiger partial charge is 0.315 e. The molecule has 2 bridgehead atoms. The van der Waals surface area contributed by atoms with Gasteiger partial charge in [0.1, 0.15) is 0 Å². The molecule has 3 aromatic rings. The van der Waals surface area contributed by atoms with Gasteiger partial charge in [-0.25, -0.2) is 4.79 Å². The highest BCUT2D eigenvalue weighted by Crippen LogP contribution is 2.42. The third-order valence-corrected chi connectivity index (χ3v) is 7.14. The topological polar surface area (TPSA) is 62.2 Å². The fraction of sp³-hybridized carbons (Fsp3) is 0.462. The molecule has 3 fully saturated rings. The van der Waals surface area contributed by atoms with Crippen molar-refractivity contribution in [1.29, 1.82) is 0 Å². The molecule has 0 saturated carbocycles. The molecule has 4 heterocycles. The molecule has 6 nitrogen and oxygen atoms in total. The maximum atomic E-state index is 12.0. The van der Waals surface area contributed by atoms with E-state index in [2.05, 4.69) is 75.8 Å². The molecular weight excluding hydrogens is 398 g/mol. The lowest BCUT2D eigenvalue weighted by atomic mass is 9.74. The first-order valence-electron chi connectivity index (χ1n) is 11.8. The molecule has 0 aliphatic carbocycles. The molecule has 2 aromatic carbocycles. The van der Waals surface area contributed by atoms with Gasteiger partial charge in [-0.1, -0.05) is 36.4 Å². The van der Waals surface area contributed by atoms with Crippen molar-refractivity contribution in [3.63, 3.8) is 0 Å². The van der Waals surface area contributed by atoms with E-state index < -0.39 is 0 Å². The van der Waals surface area contributed by atoms with Gasteiger partial charge in [0.15, 0.2) is 0 Å². The first-order valence-corrected chi connectivity index (χ1v) is 11.8. The van der Waals surface area contributed by atoms with Crippen LogP contribution in [0.2, 0.25) is 0 Å². The maximum Gasteiger partial charge on any atom is 0.315 e. The molecule has 6 rings (SSSR count). The fourth-order valence-electron chi connectivity index (χ4n) is 5.53. The molecule has 32 heavy (non-hydrogen) atoms. The first-order chi connectivity index (χ1) is 15.5. The predicted octanol–water partition coefficient (Wildman–Crippen LogP) is 4.13. The number of amides is 2. The Bertz CT molecular complexity index is 1120. The summed E-state index contributed by atoms with van der Waals surface area (Å²) in [4.78, 5) is 14.6. The number of benzene rings is 2. The molecule has 2 amide bonds. The van der Waals surface area contributed by atoms with Crippen molar-refractivity contribution in [3.05, 3.63) is 54.2 Å². The minimum Gasteiger partial charge on any atom is -0.337 e. The Hall–Kier alpha value is -2.86. The molecular formula is C26H33N5O. The number of hydrogen-bond donors (Lipinski definition) is 2. The van der Waals surface area contributed by atoms with Crippen LogP contribution < -0.4 is 10.6 Å². The number of aromatic nitrogens is 2. The van der Waals surface area contributed by atoms with E-state index in [9.17, 15) is 4.79 Å². The molecule has 1 aromatic heterocycles. The van der Waals surface area contributed by atoms with E-state index in [4.69, 9.17) is 5.10 Å². The van der Waals surface area contributed by atoms with Gasteiger partial charge in [-0.2, -0.15) is 5.10 Å². The molecule has 3 aliphatic heterocycles. The van der Waals surface area contributed by atoms with Gasteiger partial charge < -0.3 is 10.6 Å². The number of fused-ring (bicyclic) bond motifs is 4. The SMILES string of the molecule is CC(C)NC(=O)NC[C@H]1C[C@@H]2CCN1C[C@@H]2c1cc(-c2ccc3ccccc3c2)nn1C. The van der Waals surface area contributed by atoms with E-state index in [0.29, 0.717) is 17.9 Å². The summed E-state index contributed by atoms with van der Waals surface area (Å²) in [6, 6.07) is 17.9. The molecule has 3 saturated heterocycles. The monoisotopic (exact) mass is 431 g/mol. The number of carbonyl (C=O) groups excluding carboxylic acids is 1. The highest BCUT2D eigenvalue weighted by Gasteiger charge is 2.41. The average Bonchev–Trinajstić information content (AvgIpc) is 3.18. The number of hydrogen-bond acceptors (Lipinski definition) is 3. The molecule has 3 aliphatic rings. The molecule has 0 spiro atoms. The summed E-state index contributed by atoms with van der Waals surface area (Å²) in [5, 5.41) is 13.4. The summed E-state index contributed by atoms with van der Waals surface area (Å²) in [6.45, 7) is 6.84. The Morgan fingerprint density at radius 2 is 1.97 bits per heavy atom. The van der Waals surface area contributed by atoms with Gasteiger partial charge in [0.05, 0.1) is 5.69 Å². The third-order valence-electron chi connectivity index (χ3n) is 7.14. The standard InChI is InChI=1S/C26H33N5O/c1-17(2)28-26(32)27-15-22-13-20-10-11-31(22)16-23(20)25-14-24(29-30(25)3)21-9-8-18-6-4-5-7-19(18)12-21/h4-9,12,14,17,20,22-23H,10-11,13,15-16H2,1-3H3,(H2,27,28,32)/t20-,22+,23-/m0/s1. The van der Waals surface area contributed by atoms with Gasteiger partial charge >= 0.3 is 6.03 Å². The molecule has 4 atom stereocenters. The Morgan fingerprint density at radius 3 is 2.72 bits per heavy atom. The number of rotatable bonds is 5. The second-order valence-electron chi connectivity index (χ2n) is 9.69. The Balaban J connectivity index is 1.30. The summed E-state index contributed by atoms with van der Waals surface area (Å²) < 4.78 is 2.08. The summed E-state index contributed by atoms with van der Waals surface area (Å²) in [6.07, 6.45) is 2.35. The number of urea groups is 1. The third kappa shape index (κ3) is 4.11. The lowest BCUT2D eigenvalue weighted by Gasteiger charge is -2.49. The number of aryl methyl sites for hydroxylation is 1. The number of piperidine rings is 3. The Labute approximate surface area is 190 Å². The van der Waals surface area contributed by atoms with Crippen LogP contribution in [-0.4, -0.2) is 52.4 Å². The van der Waals surface area contributed by atoms with Crippen LogP contribution in [0.4, 0.5) is 4.79 Å². The van der Waals surface area contributed by atoms with Crippen molar-refractivity contribution in [2.75, 3.05) is 19.6 Å². The van der Waals surface area contributed by atoms with Crippen LogP contribution in [0, 0.1) is 5.92 Å². The molecule has 168 valence electrons. The van der Waals surface area contributed by atoms with E-state index in [1.807, 2.05) is 13.8 Å². The second kappa shape index (κ2) is 8.58.